The van der Waals surface area contributed by atoms with Gasteiger partial charge < -0.3 is 16.8 Å². The predicted molar refractivity (Wildman–Crippen MR) is 82.5 cm³/mol. The molecular formula is C16H15N3. The molecule has 3 rings (SSSR count). The fourth-order valence-corrected chi connectivity index (χ4v) is 2.23. The first-order valence-corrected chi connectivity index (χ1v) is 6.14. The van der Waals surface area contributed by atoms with Crippen LogP contribution in [0.2, 0.25) is 0 Å². The molecule has 3 nitrogen and oxygen atoms in total. The maximum atomic E-state index is 6.09. The first kappa shape index (κ1) is 11.4. The van der Waals surface area contributed by atoms with Crippen molar-refractivity contribution in [3.63, 3.8) is 0 Å². The summed E-state index contributed by atoms with van der Waals surface area (Å²) in [5, 5.41) is 5.40. The monoisotopic (exact) mass is 249 g/mol. The molecule has 3 aromatic carbocycles. The largest absolute Gasteiger partial charge is 0.398 e. The van der Waals surface area contributed by atoms with Gasteiger partial charge in [-0.1, -0.05) is 42.5 Å². The molecule has 0 radical (unpaired) electrons. The highest BCUT2D eigenvalue weighted by Gasteiger charge is 2.08. The zero-order valence-electron chi connectivity index (χ0n) is 10.4. The fourth-order valence-electron chi connectivity index (χ4n) is 2.23. The van der Waals surface area contributed by atoms with Gasteiger partial charge in [-0.2, -0.15) is 0 Å². The summed E-state index contributed by atoms with van der Waals surface area (Å²) >= 11 is 0. The second-order valence-corrected chi connectivity index (χ2v) is 4.47. The quantitative estimate of drug-likeness (QED) is 0.606. The number of fused-ring (bicyclic) bond motifs is 1. The van der Waals surface area contributed by atoms with Crippen LogP contribution in [0.15, 0.2) is 60.7 Å². The van der Waals surface area contributed by atoms with E-state index in [9.17, 15) is 0 Å². The van der Waals surface area contributed by atoms with Crippen molar-refractivity contribution in [3.05, 3.63) is 60.7 Å². The number of nitrogens with two attached hydrogens (primary N) is 2. The van der Waals surface area contributed by atoms with Crippen LogP contribution in [-0.4, -0.2) is 0 Å². The topological polar surface area (TPSA) is 64.1 Å². The molecule has 3 heteroatoms. The first-order chi connectivity index (χ1) is 9.25. The average Bonchev–Trinajstić information content (AvgIpc) is 2.45. The zero-order valence-corrected chi connectivity index (χ0v) is 10.4. The molecule has 0 unspecified atom stereocenters. The van der Waals surface area contributed by atoms with Crippen molar-refractivity contribution in [2.24, 2.45) is 0 Å². The lowest BCUT2D eigenvalue weighted by molar-refractivity contribution is 1.57. The molecule has 0 atom stereocenters. The van der Waals surface area contributed by atoms with Gasteiger partial charge in [-0.05, 0) is 18.2 Å². The van der Waals surface area contributed by atoms with Crippen molar-refractivity contribution in [1.82, 2.24) is 0 Å². The summed E-state index contributed by atoms with van der Waals surface area (Å²) in [7, 11) is 0. The van der Waals surface area contributed by atoms with Crippen molar-refractivity contribution in [2.75, 3.05) is 16.8 Å². The summed E-state index contributed by atoms with van der Waals surface area (Å²) in [6.45, 7) is 0. The zero-order chi connectivity index (χ0) is 13.2. The molecule has 19 heavy (non-hydrogen) atoms. The number of hydrogen-bond acceptors (Lipinski definition) is 3. The number of para-hydroxylation sites is 1. The Bertz CT molecular complexity index is 721. The molecule has 0 amide bonds. The van der Waals surface area contributed by atoms with Crippen molar-refractivity contribution in [1.29, 1.82) is 0 Å². The number of benzene rings is 3. The molecule has 0 aromatic heterocycles. The third-order valence-electron chi connectivity index (χ3n) is 3.15. The van der Waals surface area contributed by atoms with E-state index in [4.69, 9.17) is 11.5 Å². The van der Waals surface area contributed by atoms with E-state index in [0.717, 1.165) is 22.1 Å². The summed E-state index contributed by atoms with van der Waals surface area (Å²) < 4.78 is 0. The third kappa shape index (κ3) is 2.06. The van der Waals surface area contributed by atoms with E-state index in [1.165, 1.54) is 0 Å². The summed E-state index contributed by atoms with van der Waals surface area (Å²) in [5.41, 5.74) is 15.4. The van der Waals surface area contributed by atoms with Gasteiger partial charge in [0.2, 0.25) is 0 Å². The predicted octanol–water partition coefficient (Wildman–Crippen LogP) is 3.75. The van der Waals surface area contributed by atoms with E-state index in [1.54, 1.807) is 6.07 Å². The minimum Gasteiger partial charge on any atom is -0.398 e. The second kappa shape index (κ2) is 4.53. The maximum absolute atomic E-state index is 6.09. The lowest BCUT2D eigenvalue weighted by Crippen LogP contribution is -1.99. The molecule has 3 aromatic rings. The van der Waals surface area contributed by atoms with Crippen molar-refractivity contribution in [3.8, 4) is 0 Å². The van der Waals surface area contributed by atoms with Gasteiger partial charge in [-0.3, -0.25) is 0 Å². The Morgan fingerprint density at radius 3 is 2.05 bits per heavy atom. The highest BCUT2D eigenvalue weighted by Crippen LogP contribution is 2.35. The lowest BCUT2D eigenvalue weighted by atomic mass is 10.1. The van der Waals surface area contributed by atoms with Crippen LogP contribution in [0.1, 0.15) is 0 Å². The van der Waals surface area contributed by atoms with Crippen LogP contribution in [0.4, 0.5) is 22.7 Å². The number of nitrogens with one attached hydrogen (secondary N) is 1. The SMILES string of the molecule is Nc1cc(N)c2ccccc2c1Nc1ccccc1. The Morgan fingerprint density at radius 2 is 1.32 bits per heavy atom. The number of hydrogen-bond donors (Lipinski definition) is 3. The minimum absolute atomic E-state index is 0.653. The van der Waals surface area contributed by atoms with Crippen LogP contribution < -0.4 is 16.8 Å². The highest BCUT2D eigenvalue weighted by molar-refractivity contribution is 6.07. The minimum atomic E-state index is 0.653. The van der Waals surface area contributed by atoms with Gasteiger partial charge >= 0.3 is 0 Å². The Hall–Kier alpha value is -2.68. The standard InChI is InChI=1S/C16H15N3/c17-14-10-15(18)16(13-9-5-4-8-12(13)14)19-11-6-2-1-3-7-11/h1-10,19H,17-18H2. The molecule has 0 saturated carbocycles. The molecule has 0 saturated heterocycles. The van der Waals surface area contributed by atoms with Gasteiger partial charge in [0.15, 0.2) is 0 Å². The molecule has 0 bridgehead atoms. The summed E-state index contributed by atoms with van der Waals surface area (Å²) in [6.07, 6.45) is 0. The van der Waals surface area contributed by atoms with E-state index in [1.807, 2.05) is 54.6 Å². The number of anilines is 4. The van der Waals surface area contributed by atoms with Gasteiger partial charge in [0.05, 0.1) is 11.4 Å². The molecule has 0 heterocycles. The molecular weight excluding hydrogens is 234 g/mol. The summed E-state index contributed by atoms with van der Waals surface area (Å²) in [4.78, 5) is 0. The third-order valence-corrected chi connectivity index (χ3v) is 3.15. The number of nitrogen functional groups attached to an aromatic ring is 2. The van der Waals surface area contributed by atoms with Gasteiger partial charge in [0, 0.05) is 22.1 Å². The molecule has 0 spiro atoms. The fraction of sp³-hybridized carbons (Fsp3) is 0. The summed E-state index contributed by atoms with van der Waals surface area (Å²) in [6, 6.07) is 19.7. The van der Waals surface area contributed by atoms with Gasteiger partial charge in [-0.15, -0.1) is 0 Å². The van der Waals surface area contributed by atoms with Gasteiger partial charge in [0.25, 0.3) is 0 Å². The molecule has 94 valence electrons. The van der Waals surface area contributed by atoms with Crippen LogP contribution in [0, 0.1) is 0 Å². The van der Waals surface area contributed by atoms with E-state index < -0.39 is 0 Å². The molecule has 0 aliphatic heterocycles. The first-order valence-electron chi connectivity index (χ1n) is 6.14. The Labute approximate surface area is 111 Å². The van der Waals surface area contributed by atoms with Crippen molar-refractivity contribution in [2.45, 2.75) is 0 Å². The molecule has 0 aliphatic rings. The van der Waals surface area contributed by atoms with Gasteiger partial charge in [-0.25, -0.2) is 0 Å². The van der Waals surface area contributed by atoms with Crippen molar-refractivity contribution >= 4 is 33.5 Å². The smallest absolute Gasteiger partial charge is 0.0699 e. The Kier molecular flexibility index (Phi) is 2.72. The van der Waals surface area contributed by atoms with Crippen LogP contribution >= 0.6 is 0 Å². The Balaban J connectivity index is 2.18. The maximum Gasteiger partial charge on any atom is 0.0699 e. The van der Waals surface area contributed by atoms with E-state index in [2.05, 4.69) is 5.32 Å². The number of rotatable bonds is 2. The Morgan fingerprint density at radius 1 is 0.684 bits per heavy atom. The highest BCUT2D eigenvalue weighted by atomic mass is 14.9. The van der Waals surface area contributed by atoms with Crippen LogP contribution in [-0.2, 0) is 0 Å². The van der Waals surface area contributed by atoms with Crippen LogP contribution in [0.25, 0.3) is 10.8 Å². The second-order valence-electron chi connectivity index (χ2n) is 4.47. The van der Waals surface area contributed by atoms with Gasteiger partial charge in [0.1, 0.15) is 0 Å². The lowest BCUT2D eigenvalue weighted by Gasteiger charge is -2.14. The van der Waals surface area contributed by atoms with Crippen LogP contribution in [0.5, 0.6) is 0 Å². The van der Waals surface area contributed by atoms with Crippen molar-refractivity contribution < 1.29 is 0 Å². The molecule has 5 N–H and O–H groups in total. The average molecular weight is 249 g/mol. The van der Waals surface area contributed by atoms with E-state index in [-0.39, 0.29) is 0 Å². The normalized spacial score (nSPS) is 10.5. The molecule has 0 aliphatic carbocycles. The van der Waals surface area contributed by atoms with E-state index in [0.29, 0.717) is 11.4 Å². The van der Waals surface area contributed by atoms with E-state index >= 15 is 0 Å². The van der Waals surface area contributed by atoms with Crippen LogP contribution in [0.3, 0.4) is 0 Å². The molecule has 0 fully saturated rings. The summed E-state index contributed by atoms with van der Waals surface area (Å²) in [5.74, 6) is 0.